The molecule has 1 saturated heterocycles. The van der Waals surface area contributed by atoms with E-state index in [9.17, 15) is 0 Å². The monoisotopic (exact) mass is 322 g/mol. The van der Waals surface area contributed by atoms with E-state index in [0.717, 1.165) is 42.1 Å². The summed E-state index contributed by atoms with van der Waals surface area (Å²) in [5.41, 5.74) is 1.05. The molecule has 0 radical (unpaired) electrons. The van der Waals surface area contributed by atoms with Gasteiger partial charge in [0.1, 0.15) is 10.4 Å². The van der Waals surface area contributed by atoms with Crippen LogP contribution in [0.3, 0.4) is 0 Å². The van der Waals surface area contributed by atoms with Gasteiger partial charge in [0.2, 0.25) is 0 Å². The number of piperazine rings is 1. The van der Waals surface area contributed by atoms with Crippen molar-refractivity contribution in [3.8, 4) is 0 Å². The molecule has 0 aromatic carbocycles. The first kappa shape index (κ1) is 13.1. The Balaban J connectivity index is 2.07. The van der Waals surface area contributed by atoms with Crippen molar-refractivity contribution in [1.29, 1.82) is 0 Å². The predicted molar refractivity (Wildman–Crippen MR) is 80.4 cm³/mol. The van der Waals surface area contributed by atoms with E-state index in [2.05, 4.69) is 62.7 Å². The lowest BCUT2D eigenvalue weighted by Gasteiger charge is -2.40. The van der Waals surface area contributed by atoms with Crippen molar-refractivity contribution in [3.63, 3.8) is 0 Å². The highest BCUT2D eigenvalue weighted by molar-refractivity contribution is 9.10. The minimum absolute atomic E-state index is 0.0710. The first-order valence-electron chi connectivity index (χ1n) is 6.69. The third-order valence-corrected chi connectivity index (χ3v) is 4.54. The second-order valence-electron chi connectivity index (χ2n) is 5.48. The molecule has 19 heavy (non-hydrogen) atoms. The maximum Gasteiger partial charge on any atom is 0.134 e. The van der Waals surface area contributed by atoms with Gasteiger partial charge in [0.15, 0.2) is 0 Å². The van der Waals surface area contributed by atoms with Gasteiger partial charge in [0.05, 0.1) is 11.1 Å². The van der Waals surface area contributed by atoms with E-state index in [-0.39, 0.29) is 5.54 Å². The van der Waals surface area contributed by atoms with Crippen LogP contribution >= 0.6 is 15.9 Å². The summed E-state index contributed by atoms with van der Waals surface area (Å²) < 4.78 is 3.11. The van der Waals surface area contributed by atoms with Crippen molar-refractivity contribution in [1.82, 2.24) is 19.6 Å². The molecule has 0 spiro atoms. The Morgan fingerprint density at radius 3 is 2.74 bits per heavy atom. The van der Waals surface area contributed by atoms with Crippen molar-refractivity contribution in [3.05, 3.63) is 34.8 Å². The van der Waals surface area contributed by atoms with Crippen LogP contribution in [0.15, 0.2) is 29.0 Å². The Morgan fingerprint density at radius 1 is 1.26 bits per heavy atom. The summed E-state index contributed by atoms with van der Waals surface area (Å²) in [4.78, 5) is 7.25. The maximum absolute atomic E-state index is 4.75. The van der Waals surface area contributed by atoms with Gasteiger partial charge in [-0.15, -0.1) is 0 Å². The van der Waals surface area contributed by atoms with Gasteiger partial charge in [0.25, 0.3) is 0 Å². The molecule has 1 N–H and O–H groups in total. The zero-order chi connectivity index (χ0) is 13.5. The Bertz CT molecular complexity index is 584. The number of pyridine rings is 1. The van der Waals surface area contributed by atoms with Gasteiger partial charge in [-0.3, -0.25) is 4.90 Å². The van der Waals surface area contributed by atoms with E-state index in [1.807, 2.05) is 6.07 Å². The van der Waals surface area contributed by atoms with Crippen molar-refractivity contribution < 1.29 is 0 Å². The van der Waals surface area contributed by atoms with Crippen molar-refractivity contribution >= 4 is 21.4 Å². The summed E-state index contributed by atoms with van der Waals surface area (Å²) in [6.07, 6.45) is 2.09. The van der Waals surface area contributed by atoms with E-state index in [0.29, 0.717) is 0 Å². The van der Waals surface area contributed by atoms with Crippen molar-refractivity contribution in [2.45, 2.75) is 19.4 Å². The third kappa shape index (κ3) is 2.20. The molecule has 3 heterocycles. The number of fused-ring (bicyclic) bond motifs is 1. The zero-order valence-corrected chi connectivity index (χ0v) is 12.9. The van der Waals surface area contributed by atoms with Crippen LogP contribution < -0.4 is 5.32 Å². The van der Waals surface area contributed by atoms with E-state index >= 15 is 0 Å². The smallest absolute Gasteiger partial charge is 0.134 e. The SMILES string of the molecule is CC(C)(c1nc(Br)c2ccccn12)N1CCNCC1. The van der Waals surface area contributed by atoms with Gasteiger partial charge in [-0.2, -0.15) is 0 Å². The topological polar surface area (TPSA) is 32.6 Å². The van der Waals surface area contributed by atoms with Gasteiger partial charge in [0, 0.05) is 32.4 Å². The van der Waals surface area contributed by atoms with E-state index in [1.54, 1.807) is 0 Å². The Labute approximate surface area is 121 Å². The van der Waals surface area contributed by atoms with Gasteiger partial charge in [-0.05, 0) is 41.9 Å². The first-order chi connectivity index (χ1) is 9.10. The van der Waals surface area contributed by atoms with Crippen molar-refractivity contribution in [2.24, 2.45) is 0 Å². The number of imidazole rings is 1. The zero-order valence-electron chi connectivity index (χ0n) is 11.4. The summed E-state index contributed by atoms with van der Waals surface area (Å²) >= 11 is 3.57. The summed E-state index contributed by atoms with van der Waals surface area (Å²) in [5.74, 6) is 1.09. The summed E-state index contributed by atoms with van der Waals surface area (Å²) in [6.45, 7) is 8.74. The molecular weight excluding hydrogens is 304 g/mol. The van der Waals surface area contributed by atoms with Crippen LogP contribution in [0.2, 0.25) is 0 Å². The minimum Gasteiger partial charge on any atom is -0.314 e. The molecule has 0 aliphatic carbocycles. The van der Waals surface area contributed by atoms with Gasteiger partial charge in [-0.1, -0.05) is 6.07 Å². The number of aromatic nitrogens is 2. The normalized spacial score (nSPS) is 18.1. The number of hydrogen-bond acceptors (Lipinski definition) is 3. The molecule has 5 heteroatoms. The van der Waals surface area contributed by atoms with Crippen LogP contribution in [0.5, 0.6) is 0 Å². The summed E-state index contributed by atoms with van der Waals surface area (Å²) in [5, 5.41) is 3.40. The summed E-state index contributed by atoms with van der Waals surface area (Å²) in [7, 11) is 0. The molecule has 0 saturated carbocycles. The minimum atomic E-state index is -0.0710. The Kier molecular flexibility index (Phi) is 3.37. The van der Waals surface area contributed by atoms with E-state index < -0.39 is 0 Å². The molecular formula is C14H19BrN4. The van der Waals surface area contributed by atoms with Crippen LogP contribution in [0.25, 0.3) is 5.52 Å². The molecule has 1 aliphatic heterocycles. The molecule has 2 aromatic heterocycles. The Morgan fingerprint density at radius 2 is 2.00 bits per heavy atom. The first-order valence-corrected chi connectivity index (χ1v) is 7.49. The quantitative estimate of drug-likeness (QED) is 0.920. The number of hydrogen-bond donors (Lipinski definition) is 1. The Hall–Kier alpha value is -0.910. The molecule has 1 aliphatic rings. The lowest BCUT2D eigenvalue weighted by atomic mass is 10.0. The highest BCUT2D eigenvalue weighted by Gasteiger charge is 2.33. The maximum atomic E-state index is 4.75. The third-order valence-electron chi connectivity index (χ3n) is 3.96. The average molecular weight is 323 g/mol. The molecule has 0 atom stereocenters. The average Bonchev–Trinajstić information content (AvgIpc) is 2.79. The largest absolute Gasteiger partial charge is 0.314 e. The van der Waals surface area contributed by atoms with Crippen LogP contribution in [0.4, 0.5) is 0 Å². The number of halogens is 1. The van der Waals surface area contributed by atoms with Crippen LogP contribution in [0.1, 0.15) is 19.7 Å². The molecule has 0 unspecified atom stereocenters. The molecule has 2 aromatic rings. The lowest BCUT2D eigenvalue weighted by molar-refractivity contribution is 0.0943. The lowest BCUT2D eigenvalue weighted by Crippen LogP contribution is -2.52. The standard InChI is InChI=1S/C14H19BrN4/c1-14(2,18-9-6-16-7-10-18)13-17-12(15)11-5-3-4-8-19(11)13/h3-5,8,16H,6-7,9-10H2,1-2H3. The van der Waals surface area contributed by atoms with Crippen LogP contribution in [0, 0.1) is 0 Å². The molecule has 4 nitrogen and oxygen atoms in total. The predicted octanol–water partition coefficient (Wildman–Crippen LogP) is 2.24. The van der Waals surface area contributed by atoms with Gasteiger partial charge >= 0.3 is 0 Å². The van der Waals surface area contributed by atoms with Crippen LogP contribution in [-0.2, 0) is 5.54 Å². The second kappa shape index (κ2) is 4.89. The molecule has 0 bridgehead atoms. The fourth-order valence-electron chi connectivity index (χ4n) is 2.80. The second-order valence-corrected chi connectivity index (χ2v) is 6.23. The highest BCUT2D eigenvalue weighted by Crippen LogP contribution is 2.30. The number of nitrogens with one attached hydrogen (secondary N) is 1. The highest BCUT2D eigenvalue weighted by atomic mass is 79.9. The fourth-order valence-corrected chi connectivity index (χ4v) is 3.29. The molecule has 3 rings (SSSR count). The molecule has 1 fully saturated rings. The summed E-state index contributed by atoms with van der Waals surface area (Å²) in [6, 6.07) is 6.19. The molecule has 0 amide bonds. The van der Waals surface area contributed by atoms with E-state index in [1.165, 1.54) is 0 Å². The van der Waals surface area contributed by atoms with Crippen molar-refractivity contribution in [2.75, 3.05) is 26.2 Å². The molecule has 102 valence electrons. The van der Waals surface area contributed by atoms with Gasteiger partial charge in [-0.25, -0.2) is 4.98 Å². The number of rotatable bonds is 2. The van der Waals surface area contributed by atoms with Crippen LogP contribution in [-0.4, -0.2) is 40.5 Å². The van der Waals surface area contributed by atoms with Gasteiger partial charge < -0.3 is 9.72 Å². The van der Waals surface area contributed by atoms with E-state index in [4.69, 9.17) is 4.98 Å². The fraction of sp³-hybridized carbons (Fsp3) is 0.500. The number of nitrogens with zero attached hydrogens (tertiary/aromatic N) is 3.